The quantitative estimate of drug-likeness (QED) is 0.866. The standard InChI is InChI=1S/C16H21NO2S/c1-11(17-12(2)16-6-5-9-20-16)14-10-13(18-3)7-8-15(14)19-4/h5-12,17H,1-4H3/t11?,12-/m0/s1. The number of thiophene rings is 1. The summed E-state index contributed by atoms with van der Waals surface area (Å²) in [5.74, 6) is 1.72. The Bertz CT molecular complexity index is 539. The Morgan fingerprint density at radius 1 is 1.05 bits per heavy atom. The van der Waals surface area contributed by atoms with Crippen LogP contribution in [0.4, 0.5) is 0 Å². The summed E-state index contributed by atoms with van der Waals surface area (Å²) in [7, 11) is 3.37. The molecule has 0 radical (unpaired) electrons. The molecule has 0 aliphatic heterocycles. The topological polar surface area (TPSA) is 30.5 Å². The lowest BCUT2D eigenvalue weighted by Crippen LogP contribution is -2.22. The Kier molecular flexibility index (Phi) is 5.04. The van der Waals surface area contributed by atoms with E-state index in [1.54, 1.807) is 25.6 Å². The van der Waals surface area contributed by atoms with Gasteiger partial charge < -0.3 is 14.8 Å². The Morgan fingerprint density at radius 2 is 1.85 bits per heavy atom. The fourth-order valence-corrected chi connectivity index (χ4v) is 3.01. The number of rotatable bonds is 6. The molecule has 4 heteroatoms. The predicted molar refractivity (Wildman–Crippen MR) is 83.8 cm³/mol. The van der Waals surface area contributed by atoms with Crippen molar-refractivity contribution in [2.75, 3.05) is 14.2 Å². The van der Waals surface area contributed by atoms with Crippen molar-refractivity contribution in [3.63, 3.8) is 0 Å². The average Bonchev–Trinajstić information content (AvgIpc) is 3.00. The van der Waals surface area contributed by atoms with E-state index in [9.17, 15) is 0 Å². The number of nitrogens with one attached hydrogen (secondary N) is 1. The maximum absolute atomic E-state index is 5.45. The van der Waals surface area contributed by atoms with E-state index in [1.165, 1.54) is 4.88 Å². The molecule has 0 saturated heterocycles. The highest BCUT2D eigenvalue weighted by molar-refractivity contribution is 7.10. The van der Waals surface area contributed by atoms with Crippen LogP contribution in [-0.2, 0) is 0 Å². The van der Waals surface area contributed by atoms with Crippen molar-refractivity contribution in [3.8, 4) is 11.5 Å². The predicted octanol–water partition coefficient (Wildman–Crippen LogP) is 4.18. The summed E-state index contributed by atoms with van der Waals surface area (Å²) < 4.78 is 10.7. The molecule has 0 spiro atoms. The van der Waals surface area contributed by atoms with Crippen LogP contribution in [0.25, 0.3) is 0 Å². The fraction of sp³-hybridized carbons (Fsp3) is 0.375. The molecule has 0 amide bonds. The molecule has 0 aliphatic carbocycles. The van der Waals surface area contributed by atoms with E-state index >= 15 is 0 Å². The van der Waals surface area contributed by atoms with Crippen LogP contribution < -0.4 is 14.8 Å². The molecule has 1 heterocycles. The largest absolute Gasteiger partial charge is 0.497 e. The minimum atomic E-state index is 0.178. The normalized spacial score (nSPS) is 13.8. The van der Waals surface area contributed by atoms with Crippen LogP contribution in [0.5, 0.6) is 11.5 Å². The Morgan fingerprint density at radius 3 is 2.45 bits per heavy atom. The minimum Gasteiger partial charge on any atom is -0.497 e. The van der Waals surface area contributed by atoms with Gasteiger partial charge >= 0.3 is 0 Å². The second-order valence-corrected chi connectivity index (χ2v) is 5.71. The molecule has 108 valence electrons. The summed E-state index contributed by atoms with van der Waals surface area (Å²) in [4.78, 5) is 1.33. The van der Waals surface area contributed by atoms with Gasteiger partial charge in [-0.05, 0) is 43.5 Å². The number of hydrogen-bond acceptors (Lipinski definition) is 4. The zero-order chi connectivity index (χ0) is 14.5. The number of methoxy groups -OCH3 is 2. The van der Waals surface area contributed by atoms with Crippen LogP contribution in [0.1, 0.15) is 36.4 Å². The van der Waals surface area contributed by atoms with Gasteiger partial charge in [0.1, 0.15) is 11.5 Å². The first kappa shape index (κ1) is 14.9. The molecule has 1 aromatic carbocycles. The van der Waals surface area contributed by atoms with Gasteiger partial charge in [0, 0.05) is 22.5 Å². The maximum Gasteiger partial charge on any atom is 0.123 e. The monoisotopic (exact) mass is 291 g/mol. The van der Waals surface area contributed by atoms with E-state index in [2.05, 4.69) is 36.7 Å². The smallest absolute Gasteiger partial charge is 0.123 e. The van der Waals surface area contributed by atoms with Crippen molar-refractivity contribution < 1.29 is 9.47 Å². The van der Waals surface area contributed by atoms with Crippen molar-refractivity contribution in [2.45, 2.75) is 25.9 Å². The minimum absolute atomic E-state index is 0.178. The van der Waals surface area contributed by atoms with Crippen LogP contribution in [0.2, 0.25) is 0 Å². The molecule has 0 bridgehead atoms. The molecular weight excluding hydrogens is 270 g/mol. The van der Waals surface area contributed by atoms with Gasteiger partial charge in [0.15, 0.2) is 0 Å². The van der Waals surface area contributed by atoms with Crippen molar-refractivity contribution >= 4 is 11.3 Å². The summed E-state index contributed by atoms with van der Waals surface area (Å²) in [5, 5.41) is 5.70. The lowest BCUT2D eigenvalue weighted by atomic mass is 10.1. The van der Waals surface area contributed by atoms with E-state index in [0.717, 1.165) is 17.1 Å². The van der Waals surface area contributed by atoms with E-state index in [0.29, 0.717) is 6.04 Å². The number of ether oxygens (including phenoxy) is 2. The molecule has 1 unspecified atom stereocenters. The van der Waals surface area contributed by atoms with Gasteiger partial charge in [0.2, 0.25) is 0 Å². The lowest BCUT2D eigenvalue weighted by Gasteiger charge is -2.22. The summed E-state index contributed by atoms with van der Waals surface area (Å²) in [6.45, 7) is 4.32. The fourth-order valence-electron chi connectivity index (χ4n) is 2.26. The van der Waals surface area contributed by atoms with Crippen LogP contribution in [0.15, 0.2) is 35.7 Å². The summed E-state index contributed by atoms with van der Waals surface area (Å²) in [6, 6.07) is 10.6. The molecule has 0 aliphatic rings. The Balaban J connectivity index is 2.17. The highest BCUT2D eigenvalue weighted by Gasteiger charge is 2.16. The van der Waals surface area contributed by atoms with E-state index in [4.69, 9.17) is 9.47 Å². The first-order valence-electron chi connectivity index (χ1n) is 6.67. The van der Waals surface area contributed by atoms with E-state index in [1.807, 2.05) is 18.2 Å². The molecule has 0 saturated carbocycles. The average molecular weight is 291 g/mol. The van der Waals surface area contributed by atoms with Gasteiger partial charge in [0.05, 0.1) is 14.2 Å². The first-order valence-corrected chi connectivity index (χ1v) is 7.55. The summed E-state index contributed by atoms with van der Waals surface area (Å²) in [5.41, 5.74) is 1.11. The molecule has 1 aromatic heterocycles. The van der Waals surface area contributed by atoms with Crippen molar-refractivity contribution in [2.24, 2.45) is 0 Å². The third-order valence-corrected chi connectivity index (χ3v) is 4.43. The Hall–Kier alpha value is -1.52. The van der Waals surface area contributed by atoms with Crippen molar-refractivity contribution in [1.29, 1.82) is 0 Å². The second kappa shape index (κ2) is 6.77. The summed E-state index contributed by atoms with van der Waals surface area (Å²) >= 11 is 1.77. The number of hydrogen-bond donors (Lipinski definition) is 1. The van der Waals surface area contributed by atoms with Crippen LogP contribution in [0, 0.1) is 0 Å². The summed E-state index contributed by atoms with van der Waals surface area (Å²) in [6.07, 6.45) is 0. The molecule has 2 aromatic rings. The van der Waals surface area contributed by atoms with Gasteiger partial charge in [-0.3, -0.25) is 0 Å². The van der Waals surface area contributed by atoms with Gasteiger partial charge in [0.25, 0.3) is 0 Å². The van der Waals surface area contributed by atoms with Crippen molar-refractivity contribution in [3.05, 3.63) is 46.2 Å². The maximum atomic E-state index is 5.45. The molecule has 1 N–H and O–H groups in total. The van der Waals surface area contributed by atoms with Gasteiger partial charge in [-0.15, -0.1) is 11.3 Å². The van der Waals surface area contributed by atoms with Gasteiger partial charge in [-0.25, -0.2) is 0 Å². The second-order valence-electron chi connectivity index (χ2n) is 4.73. The molecular formula is C16H21NO2S. The van der Waals surface area contributed by atoms with Crippen LogP contribution >= 0.6 is 11.3 Å². The zero-order valence-electron chi connectivity index (χ0n) is 12.3. The van der Waals surface area contributed by atoms with Gasteiger partial charge in [-0.2, -0.15) is 0 Å². The third-order valence-electron chi connectivity index (χ3n) is 3.37. The molecule has 2 rings (SSSR count). The third kappa shape index (κ3) is 3.32. The first-order chi connectivity index (χ1) is 9.65. The van der Waals surface area contributed by atoms with E-state index in [-0.39, 0.29) is 6.04 Å². The van der Waals surface area contributed by atoms with Crippen molar-refractivity contribution in [1.82, 2.24) is 5.32 Å². The van der Waals surface area contributed by atoms with Gasteiger partial charge in [-0.1, -0.05) is 6.07 Å². The van der Waals surface area contributed by atoms with Crippen LogP contribution in [0.3, 0.4) is 0 Å². The Labute approximate surface area is 124 Å². The van der Waals surface area contributed by atoms with Crippen LogP contribution in [-0.4, -0.2) is 14.2 Å². The zero-order valence-corrected chi connectivity index (χ0v) is 13.2. The molecule has 20 heavy (non-hydrogen) atoms. The highest BCUT2D eigenvalue weighted by Crippen LogP contribution is 2.31. The molecule has 0 fully saturated rings. The molecule has 3 nitrogen and oxygen atoms in total. The van der Waals surface area contributed by atoms with E-state index < -0.39 is 0 Å². The number of benzene rings is 1. The molecule has 2 atom stereocenters. The highest BCUT2D eigenvalue weighted by atomic mass is 32.1. The SMILES string of the molecule is COc1ccc(OC)c(C(C)N[C@@H](C)c2cccs2)c1. The lowest BCUT2D eigenvalue weighted by molar-refractivity contribution is 0.388.